The number of rotatable bonds is 3. The highest BCUT2D eigenvalue weighted by Gasteiger charge is 2.45. The first-order chi connectivity index (χ1) is 8.72. The van der Waals surface area contributed by atoms with E-state index < -0.39 is 17.3 Å². The molecule has 1 saturated carbocycles. The molecule has 2 N–H and O–H groups in total. The van der Waals surface area contributed by atoms with Gasteiger partial charge in [-0.25, -0.2) is 9.78 Å². The summed E-state index contributed by atoms with van der Waals surface area (Å²) in [6, 6.07) is 0. The van der Waals surface area contributed by atoms with Gasteiger partial charge in [-0.1, -0.05) is 19.1 Å². The van der Waals surface area contributed by atoms with E-state index in [1.807, 2.05) is 13.0 Å². The van der Waals surface area contributed by atoms with Crippen molar-refractivity contribution >= 4 is 0 Å². The molecule has 0 aromatic carbocycles. The average Bonchev–Trinajstić information content (AvgIpc) is 2.33. The largest absolute Gasteiger partial charge is 0.387 e. The molecule has 0 aromatic rings. The number of aliphatic hydroxyl groups is 2. The van der Waals surface area contributed by atoms with Crippen molar-refractivity contribution in [3.8, 4) is 0 Å². The molecule has 0 radical (unpaired) electrons. The summed E-state index contributed by atoms with van der Waals surface area (Å²) in [5.74, 6) is 0.958. The predicted octanol–water partition coefficient (Wildman–Crippen LogP) is 2.20. The second-order valence-electron chi connectivity index (χ2n) is 6.85. The zero-order valence-corrected chi connectivity index (χ0v) is 12.3. The maximum Gasteiger partial charge on any atom is 0.122 e. The van der Waals surface area contributed by atoms with Crippen LogP contribution >= 0.6 is 0 Å². The van der Waals surface area contributed by atoms with Crippen LogP contribution in [0.1, 0.15) is 47.0 Å². The summed E-state index contributed by atoms with van der Waals surface area (Å²) >= 11 is 0. The Hall–Kier alpha value is -0.420. The quantitative estimate of drug-likeness (QED) is 0.610. The van der Waals surface area contributed by atoms with Crippen molar-refractivity contribution in [1.29, 1.82) is 0 Å². The smallest absolute Gasteiger partial charge is 0.122 e. The second-order valence-corrected chi connectivity index (χ2v) is 6.85. The van der Waals surface area contributed by atoms with Gasteiger partial charge < -0.3 is 10.2 Å². The average molecular weight is 270 g/mol. The van der Waals surface area contributed by atoms with Gasteiger partial charge in [-0.05, 0) is 51.9 Å². The Kier molecular flexibility index (Phi) is 4.07. The second kappa shape index (κ2) is 5.17. The minimum absolute atomic E-state index is 0.194. The van der Waals surface area contributed by atoms with Crippen LogP contribution in [0.25, 0.3) is 0 Å². The fourth-order valence-electron chi connectivity index (χ4n) is 2.85. The molecule has 19 heavy (non-hydrogen) atoms. The van der Waals surface area contributed by atoms with Crippen molar-refractivity contribution in [1.82, 2.24) is 0 Å². The van der Waals surface area contributed by atoms with Gasteiger partial charge in [0.05, 0.1) is 11.7 Å². The Balaban J connectivity index is 2.05. The molecule has 0 amide bonds. The fraction of sp³-hybridized carbons (Fsp3) is 0.867. The van der Waals surface area contributed by atoms with Crippen LogP contribution in [-0.4, -0.2) is 33.6 Å². The summed E-state index contributed by atoms with van der Waals surface area (Å²) in [5, 5.41) is 19.6. The molecule has 4 nitrogen and oxygen atoms in total. The number of aliphatic hydroxyl groups excluding tert-OH is 1. The van der Waals surface area contributed by atoms with Gasteiger partial charge in [0.25, 0.3) is 0 Å². The van der Waals surface area contributed by atoms with Crippen molar-refractivity contribution < 1.29 is 20.0 Å². The molecule has 1 saturated heterocycles. The highest BCUT2D eigenvalue weighted by molar-refractivity contribution is 5.09. The van der Waals surface area contributed by atoms with E-state index in [1.165, 1.54) is 0 Å². The van der Waals surface area contributed by atoms with Crippen molar-refractivity contribution in [2.45, 2.75) is 70.4 Å². The first-order valence-electron chi connectivity index (χ1n) is 7.16. The van der Waals surface area contributed by atoms with E-state index in [4.69, 9.17) is 9.78 Å². The lowest BCUT2D eigenvalue weighted by Crippen LogP contribution is -2.49. The number of hydrogen-bond acceptors (Lipinski definition) is 4. The summed E-state index contributed by atoms with van der Waals surface area (Å²) in [7, 11) is 0. The molecule has 0 spiro atoms. The third-order valence-electron chi connectivity index (χ3n) is 4.62. The van der Waals surface area contributed by atoms with Gasteiger partial charge >= 0.3 is 0 Å². The summed E-state index contributed by atoms with van der Waals surface area (Å²) in [5.41, 5.74) is -1.66. The third kappa shape index (κ3) is 3.19. The summed E-state index contributed by atoms with van der Waals surface area (Å²) in [4.78, 5) is 11.1. The monoisotopic (exact) mass is 270 g/mol. The maximum absolute atomic E-state index is 9.86. The van der Waals surface area contributed by atoms with Gasteiger partial charge in [-0.15, -0.1) is 0 Å². The van der Waals surface area contributed by atoms with E-state index in [-0.39, 0.29) is 6.10 Å². The van der Waals surface area contributed by atoms with E-state index in [2.05, 4.69) is 6.92 Å². The zero-order valence-electron chi connectivity index (χ0n) is 12.3. The lowest BCUT2D eigenvalue weighted by Gasteiger charge is -2.46. The number of fused-ring (bicyclic) bond motifs is 2. The molecule has 1 aliphatic carbocycles. The van der Waals surface area contributed by atoms with Crippen LogP contribution in [0.4, 0.5) is 0 Å². The Bertz CT molecular complexity index is 347. The Morgan fingerprint density at radius 2 is 2.05 bits per heavy atom. The Morgan fingerprint density at radius 3 is 2.68 bits per heavy atom. The first-order valence-corrected chi connectivity index (χ1v) is 7.16. The summed E-state index contributed by atoms with van der Waals surface area (Å²) < 4.78 is 0. The van der Waals surface area contributed by atoms with Crippen molar-refractivity contribution in [3.63, 3.8) is 0 Å². The van der Waals surface area contributed by atoms with E-state index in [9.17, 15) is 10.2 Å². The highest BCUT2D eigenvalue weighted by atomic mass is 17.2. The molecule has 4 heteroatoms. The molecule has 2 aliphatic rings. The minimum Gasteiger partial charge on any atom is -0.387 e. The Labute approximate surface area is 115 Å². The van der Waals surface area contributed by atoms with Crippen LogP contribution in [0.5, 0.6) is 0 Å². The molecule has 0 aromatic heterocycles. The maximum atomic E-state index is 9.86. The Morgan fingerprint density at radius 1 is 1.37 bits per heavy atom. The number of hydrogen-bond donors (Lipinski definition) is 2. The molecular formula is C15H26O4. The van der Waals surface area contributed by atoms with E-state index in [0.717, 1.165) is 19.3 Å². The van der Waals surface area contributed by atoms with Crippen molar-refractivity contribution in [2.24, 2.45) is 11.8 Å². The van der Waals surface area contributed by atoms with Crippen LogP contribution in [0.15, 0.2) is 12.2 Å². The van der Waals surface area contributed by atoms with Crippen molar-refractivity contribution in [2.75, 3.05) is 0 Å². The van der Waals surface area contributed by atoms with Crippen LogP contribution < -0.4 is 0 Å². The molecule has 110 valence electrons. The molecule has 5 atom stereocenters. The predicted molar refractivity (Wildman–Crippen MR) is 72.3 cm³/mol. The topological polar surface area (TPSA) is 58.9 Å². The lowest BCUT2D eigenvalue weighted by atomic mass is 9.72. The first kappa shape index (κ1) is 15.0. The lowest BCUT2D eigenvalue weighted by molar-refractivity contribution is -0.421. The van der Waals surface area contributed by atoms with E-state index in [0.29, 0.717) is 11.8 Å². The van der Waals surface area contributed by atoms with Gasteiger partial charge in [0.2, 0.25) is 0 Å². The molecular weight excluding hydrogens is 244 g/mol. The van der Waals surface area contributed by atoms with Crippen LogP contribution in [0.3, 0.4) is 0 Å². The highest BCUT2D eigenvalue weighted by Crippen LogP contribution is 2.44. The van der Waals surface area contributed by atoms with E-state index in [1.54, 1.807) is 19.9 Å². The van der Waals surface area contributed by atoms with Gasteiger partial charge in [-0.2, -0.15) is 0 Å². The standard InChI is InChI=1S/C15H26O4/c1-10-5-6-11-9-12(10)18-19-15(11,4)8-7-13(16)14(2,3)17/h7-8,10-13,16-17H,5-6,9H2,1-4H3/b8-7+/t10?,11?,12?,13-,15-/m1/s1. The molecule has 2 bridgehead atoms. The molecule has 1 heterocycles. The molecule has 3 unspecified atom stereocenters. The summed E-state index contributed by atoms with van der Waals surface area (Å²) in [6.07, 6.45) is 6.00. The van der Waals surface area contributed by atoms with Crippen LogP contribution in [0, 0.1) is 11.8 Å². The van der Waals surface area contributed by atoms with Gasteiger partial charge in [0.1, 0.15) is 11.7 Å². The molecule has 2 fully saturated rings. The SMILES string of the molecule is CC1CCC2CC1OO[C@]2(C)/C=C/[C@@H](O)C(C)(C)O. The van der Waals surface area contributed by atoms with Crippen molar-refractivity contribution in [3.05, 3.63) is 12.2 Å². The van der Waals surface area contributed by atoms with Gasteiger partial charge in [-0.3, -0.25) is 0 Å². The summed E-state index contributed by atoms with van der Waals surface area (Å²) in [6.45, 7) is 7.35. The minimum atomic E-state index is -1.15. The molecule has 2 rings (SSSR count). The van der Waals surface area contributed by atoms with Crippen LogP contribution in [0.2, 0.25) is 0 Å². The van der Waals surface area contributed by atoms with Gasteiger partial charge in [0.15, 0.2) is 0 Å². The third-order valence-corrected chi connectivity index (χ3v) is 4.62. The normalized spacial score (nSPS) is 41.5. The van der Waals surface area contributed by atoms with Gasteiger partial charge in [0, 0.05) is 0 Å². The molecule has 1 aliphatic heterocycles. The van der Waals surface area contributed by atoms with E-state index >= 15 is 0 Å². The fourth-order valence-corrected chi connectivity index (χ4v) is 2.85. The van der Waals surface area contributed by atoms with Crippen LogP contribution in [-0.2, 0) is 9.78 Å². The zero-order chi connectivity index (χ0) is 14.3.